The van der Waals surface area contributed by atoms with Gasteiger partial charge in [-0.25, -0.2) is 9.97 Å². The van der Waals surface area contributed by atoms with Gasteiger partial charge >= 0.3 is 6.01 Å². The van der Waals surface area contributed by atoms with Gasteiger partial charge in [0.1, 0.15) is 0 Å². The lowest BCUT2D eigenvalue weighted by Crippen LogP contribution is -2.21. The Morgan fingerprint density at radius 1 is 1.29 bits per heavy atom. The Bertz CT molecular complexity index is 259. The molecule has 0 saturated carbocycles. The first-order valence-corrected chi connectivity index (χ1v) is 5.04. The first-order chi connectivity index (χ1) is 6.64. The van der Waals surface area contributed by atoms with E-state index >= 15 is 0 Å². The maximum Gasteiger partial charge on any atom is 0.316 e. The predicted octanol–water partition coefficient (Wildman–Crippen LogP) is 2.68. The largest absolute Gasteiger partial charge is 0.463 e. The normalized spacial score (nSPS) is 11.4. The average Bonchev–Trinajstić information content (AvgIpc) is 2.17. The van der Waals surface area contributed by atoms with E-state index in [0.717, 1.165) is 6.42 Å². The van der Waals surface area contributed by atoms with E-state index in [1.165, 1.54) is 6.42 Å². The molecule has 0 saturated heterocycles. The van der Waals surface area contributed by atoms with Crippen molar-refractivity contribution in [2.45, 2.75) is 33.6 Å². The molecule has 0 unspecified atom stereocenters. The highest BCUT2D eigenvalue weighted by molar-refractivity contribution is 4.93. The lowest BCUT2D eigenvalue weighted by atomic mass is 9.89. The Hall–Kier alpha value is -1.12. The summed E-state index contributed by atoms with van der Waals surface area (Å²) in [6.07, 6.45) is 5.70. The summed E-state index contributed by atoms with van der Waals surface area (Å²) in [5.74, 6) is 0. The predicted molar refractivity (Wildman–Crippen MR) is 56.2 cm³/mol. The van der Waals surface area contributed by atoms with E-state index in [0.29, 0.717) is 12.6 Å². The van der Waals surface area contributed by atoms with Gasteiger partial charge in [0, 0.05) is 12.4 Å². The van der Waals surface area contributed by atoms with Gasteiger partial charge in [0.25, 0.3) is 0 Å². The van der Waals surface area contributed by atoms with Crippen LogP contribution < -0.4 is 4.74 Å². The summed E-state index contributed by atoms with van der Waals surface area (Å²) in [6, 6.07) is 2.25. The average molecular weight is 194 g/mol. The minimum atomic E-state index is 0.202. The van der Waals surface area contributed by atoms with Gasteiger partial charge in [0.05, 0.1) is 6.61 Å². The lowest BCUT2D eigenvalue weighted by Gasteiger charge is -2.23. The molecule has 0 fully saturated rings. The number of hydrogen-bond acceptors (Lipinski definition) is 3. The Kier molecular flexibility index (Phi) is 3.86. The molecule has 1 heterocycles. The molecule has 3 heteroatoms. The van der Waals surface area contributed by atoms with Crippen molar-refractivity contribution in [2.24, 2.45) is 5.41 Å². The molecule has 0 spiro atoms. The molecule has 0 aromatic carbocycles. The number of ether oxygens (including phenoxy) is 1. The van der Waals surface area contributed by atoms with Crippen molar-refractivity contribution in [3.05, 3.63) is 18.5 Å². The smallest absolute Gasteiger partial charge is 0.316 e. The van der Waals surface area contributed by atoms with Crippen molar-refractivity contribution in [3.63, 3.8) is 0 Å². The van der Waals surface area contributed by atoms with E-state index in [1.54, 1.807) is 18.5 Å². The van der Waals surface area contributed by atoms with Crippen molar-refractivity contribution in [1.82, 2.24) is 9.97 Å². The second-order valence-electron chi connectivity index (χ2n) is 4.23. The third-order valence-corrected chi connectivity index (χ3v) is 2.06. The molecule has 0 aliphatic heterocycles. The van der Waals surface area contributed by atoms with Crippen LogP contribution in [-0.2, 0) is 0 Å². The maximum atomic E-state index is 5.50. The van der Waals surface area contributed by atoms with Crippen LogP contribution >= 0.6 is 0 Å². The molecule has 0 aliphatic rings. The summed E-state index contributed by atoms with van der Waals surface area (Å²) in [7, 11) is 0. The molecule has 0 atom stereocenters. The summed E-state index contributed by atoms with van der Waals surface area (Å²) in [5, 5.41) is 0. The number of rotatable bonds is 5. The zero-order valence-corrected chi connectivity index (χ0v) is 9.16. The van der Waals surface area contributed by atoms with Crippen LogP contribution in [0.4, 0.5) is 0 Å². The van der Waals surface area contributed by atoms with Gasteiger partial charge in [0.15, 0.2) is 0 Å². The van der Waals surface area contributed by atoms with Gasteiger partial charge < -0.3 is 4.74 Å². The van der Waals surface area contributed by atoms with Crippen LogP contribution in [0.5, 0.6) is 6.01 Å². The molecule has 0 bridgehead atoms. The molecule has 0 radical (unpaired) electrons. The summed E-state index contributed by atoms with van der Waals surface area (Å²) >= 11 is 0. The van der Waals surface area contributed by atoms with E-state index in [1.807, 2.05) is 0 Å². The van der Waals surface area contributed by atoms with Crippen LogP contribution in [0.15, 0.2) is 18.5 Å². The fourth-order valence-electron chi connectivity index (χ4n) is 1.37. The van der Waals surface area contributed by atoms with Crippen molar-refractivity contribution >= 4 is 0 Å². The summed E-state index contributed by atoms with van der Waals surface area (Å²) in [5.41, 5.74) is 0.202. The molecule has 0 aliphatic carbocycles. The Balaban J connectivity index is 2.40. The molecule has 78 valence electrons. The van der Waals surface area contributed by atoms with Gasteiger partial charge in [0.2, 0.25) is 0 Å². The summed E-state index contributed by atoms with van der Waals surface area (Å²) in [6.45, 7) is 7.24. The van der Waals surface area contributed by atoms with Gasteiger partial charge in [-0.15, -0.1) is 0 Å². The zero-order chi connectivity index (χ0) is 10.4. The quantitative estimate of drug-likeness (QED) is 0.722. The van der Waals surface area contributed by atoms with E-state index in [9.17, 15) is 0 Å². The first-order valence-electron chi connectivity index (χ1n) is 5.04. The van der Waals surface area contributed by atoms with Gasteiger partial charge in [-0.05, 0) is 17.9 Å². The van der Waals surface area contributed by atoms with Gasteiger partial charge in [-0.3, -0.25) is 0 Å². The van der Waals surface area contributed by atoms with E-state index in [2.05, 4.69) is 30.7 Å². The van der Waals surface area contributed by atoms with E-state index in [4.69, 9.17) is 4.74 Å². The molecule has 1 rings (SSSR count). The van der Waals surface area contributed by atoms with Gasteiger partial charge in [-0.2, -0.15) is 0 Å². The Morgan fingerprint density at radius 2 is 1.93 bits per heavy atom. The van der Waals surface area contributed by atoms with Crippen LogP contribution in [0.3, 0.4) is 0 Å². The molecule has 14 heavy (non-hydrogen) atoms. The first kappa shape index (κ1) is 11.0. The molecule has 0 amide bonds. The Labute approximate surface area is 85.5 Å². The topological polar surface area (TPSA) is 35.0 Å². The summed E-state index contributed by atoms with van der Waals surface area (Å²) in [4.78, 5) is 8.02. The van der Waals surface area contributed by atoms with Crippen LogP contribution in [0.25, 0.3) is 0 Å². The molecular weight excluding hydrogens is 176 g/mol. The second kappa shape index (κ2) is 4.94. The summed E-state index contributed by atoms with van der Waals surface area (Å²) < 4.78 is 5.50. The minimum Gasteiger partial charge on any atom is -0.463 e. The van der Waals surface area contributed by atoms with Crippen molar-refractivity contribution < 1.29 is 4.74 Å². The fourth-order valence-corrected chi connectivity index (χ4v) is 1.37. The van der Waals surface area contributed by atoms with Gasteiger partial charge in [-0.1, -0.05) is 27.2 Å². The highest BCUT2D eigenvalue weighted by Crippen LogP contribution is 2.22. The fraction of sp³-hybridized carbons (Fsp3) is 0.636. The highest BCUT2D eigenvalue weighted by Gasteiger charge is 2.17. The monoisotopic (exact) mass is 194 g/mol. The van der Waals surface area contributed by atoms with Crippen LogP contribution in [0, 0.1) is 5.41 Å². The van der Waals surface area contributed by atoms with Crippen molar-refractivity contribution in [2.75, 3.05) is 6.61 Å². The molecule has 1 aromatic rings. The zero-order valence-electron chi connectivity index (χ0n) is 9.16. The molecular formula is C11H18N2O. The SMILES string of the molecule is CCCC(C)(C)COc1ncccn1. The third kappa shape index (κ3) is 3.73. The third-order valence-electron chi connectivity index (χ3n) is 2.06. The van der Waals surface area contributed by atoms with Crippen LogP contribution in [0.1, 0.15) is 33.6 Å². The van der Waals surface area contributed by atoms with Crippen molar-refractivity contribution in [1.29, 1.82) is 0 Å². The van der Waals surface area contributed by atoms with E-state index < -0.39 is 0 Å². The molecule has 0 N–H and O–H groups in total. The second-order valence-corrected chi connectivity index (χ2v) is 4.23. The highest BCUT2D eigenvalue weighted by atomic mass is 16.5. The molecule has 3 nitrogen and oxygen atoms in total. The lowest BCUT2D eigenvalue weighted by molar-refractivity contribution is 0.158. The van der Waals surface area contributed by atoms with Crippen LogP contribution in [0.2, 0.25) is 0 Å². The van der Waals surface area contributed by atoms with E-state index in [-0.39, 0.29) is 5.41 Å². The standard InChI is InChI=1S/C11H18N2O/c1-4-6-11(2,3)9-14-10-12-7-5-8-13-10/h5,7-8H,4,6,9H2,1-3H3. The number of nitrogens with zero attached hydrogens (tertiary/aromatic N) is 2. The number of aromatic nitrogens is 2. The number of hydrogen-bond donors (Lipinski definition) is 0. The minimum absolute atomic E-state index is 0.202. The van der Waals surface area contributed by atoms with Crippen molar-refractivity contribution in [3.8, 4) is 6.01 Å². The van der Waals surface area contributed by atoms with Crippen LogP contribution in [-0.4, -0.2) is 16.6 Å². The maximum absolute atomic E-state index is 5.50. The molecule has 1 aromatic heterocycles. The Morgan fingerprint density at radius 3 is 2.50 bits per heavy atom.